The Hall–Kier alpha value is -3.33. The second kappa shape index (κ2) is 7.50. The van der Waals surface area contributed by atoms with E-state index in [1.54, 1.807) is 31.2 Å². The maximum atomic E-state index is 12.3. The molecule has 8 nitrogen and oxygen atoms in total. The number of sulfone groups is 1. The fourth-order valence-corrected chi connectivity index (χ4v) is 3.58. The number of nitrogens with one attached hydrogen (secondary N) is 2. The van der Waals surface area contributed by atoms with Gasteiger partial charge in [-0.25, -0.2) is 8.42 Å². The molecule has 0 aliphatic carbocycles. The minimum Gasteiger partial charge on any atom is -0.459 e. The van der Waals surface area contributed by atoms with E-state index in [0.717, 1.165) is 0 Å². The van der Waals surface area contributed by atoms with Gasteiger partial charge in [0.1, 0.15) is 11.5 Å². The molecule has 0 aliphatic rings. The Morgan fingerprint density at radius 3 is 2.33 bits per heavy atom. The molecule has 2 amide bonds. The highest BCUT2D eigenvalue weighted by Gasteiger charge is 2.20. The first-order chi connectivity index (χ1) is 12.9. The molecule has 0 radical (unpaired) electrons. The van der Waals surface area contributed by atoms with E-state index >= 15 is 0 Å². The van der Waals surface area contributed by atoms with Crippen LogP contribution in [0.5, 0.6) is 0 Å². The Kier molecular flexibility index (Phi) is 5.13. The Morgan fingerprint density at radius 2 is 1.67 bits per heavy atom. The van der Waals surface area contributed by atoms with Gasteiger partial charge in [-0.2, -0.15) is 0 Å². The van der Waals surface area contributed by atoms with Crippen LogP contribution in [0.4, 0.5) is 0 Å². The van der Waals surface area contributed by atoms with Crippen molar-refractivity contribution in [2.24, 2.45) is 0 Å². The third-order valence-corrected chi connectivity index (χ3v) is 5.33. The average Bonchev–Trinajstić information content (AvgIpc) is 3.29. The molecule has 27 heavy (non-hydrogen) atoms. The van der Waals surface area contributed by atoms with Crippen molar-refractivity contribution >= 4 is 21.7 Å². The molecule has 0 aliphatic heterocycles. The van der Waals surface area contributed by atoms with Gasteiger partial charge in [0.05, 0.1) is 11.2 Å². The van der Waals surface area contributed by atoms with Crippen LogP contribution in [0.15, 0.2) is 68.5 Å². The summed E-state index contributed by atoms with van der Waals surface area (Å²) in [6, 6.07) is 12.3. The van der Waals surface area contributed by atoms with Gasteiger partial charge in [0.2, 0.25) is 0 Å². The van der Waals surface area contributed by atoms with E-state index in [1.807, 2.05) is 0 Å². The first-order valence-corrected chi connectivity index (χ1v) is 9.53. The van der Waals surface area contributed by atoms with E-state index in [9.17, 15) is 18.0 Å². The highest BCUT2D eigenvalue weighted by Crippen LogP contribution is 2.18. The number of rotatable bonds is 5. The topological polar surface area (TPSA) is 119 Å². The molecular formula is C18H16N2O6S. The first-order valence-electron chi connectivity index (χ1n) is 7.88. The Balaban J connectivity index is 1.62. The van der Waals surface area contributed by atoms with Crippen molar-refractivity contribution in [3.8, 4) is 0 Å². The summed E-state index contributed by atoms with van der Waals surface area (Å²) >= 11 is 0. The third-order valence-electron chi connectivity index (χ3n) is 3.68. The van der Waals surface area contributed by atoms with E-state index in [1.165, 1.54) is 30.5 Å². The van der Waals surface area contributed by atoms with Crippen LogP contribution in [0.3, 0.4) is 0 Å². The fraction of sp³-hybridized carbons (Fsp3) is 0.111. The molecule has 1 aromatic carbocycles. The van der Waals surface area contributed by atoms with Crippen LogP contribution in [-0.2, 0) is 15.6 Å². The zero-order valence-electron chi connectivity index (χ0n) is 14.3. The normalized spacial score (nSPS) is 11.1. The molecule has 0 unspecified atom stereocenters. The van der Waals surface area contributed by atoms with Crippen LogP contribution in [0, 0.1) is 6.92 Å². The van der Waals surface area contributed by atoms with Gasteiger partial charge in [-0.1, -0.05) is 18.2 Å². The monoisotopic (exact) mass is 388 g/mol. The summed E-state index contributed by atoms with van der Waals surface area (Å²) < 4.78 is 35.0. The van der Waals surface area contributed by atoms with Gasteiger partial charge in [0, 0.05) is 5.56 Å². The predicted molar refractivity (Wildman–Crippen MR) is 94.4 cm³/mol. The number of amides is 2. The van der Waals surface area contributed by atoms with E-state index in [4.69, 9.17) is 8.83 Å². The molecule has 0 saturated heterocycles. The molecule has 2 N–H and O–H groups in total. The van der Waals surface area contributed by atoms with Gasteiger partial charge >= 0.3 is 11.8 Å². The SMILES string of the molecule is Cc1ccoc1C(=O)NNC(=O)c1ccc(CS(=O)(=O)c2ccccc2)o1. The van der Waals surface area contributed by atoms with Gasteiger partial charge in [0.25, 0.3) is 0 Å². The lowest BCUT2D eigenvalue weighted by atomic mass is 10.3. The quantitative estimate of drug-likeness (QED) is 0.647. The number of hydrazine groups is 1. The Morgan fingerprint density at radius 1 is 0.963 bits per heavy atom. The highest BCUT2D eigenvalue weighted by atomic mass is 32.2. The third kappa shape index (κ3) is 4.26. The van der Waals surface area contributed by atoms with Crippen LogP contribution in [0.1, 0.15) is 32.4 Å². The average molecular weight is 388 g/mol. The number of carbonyl (C=O) groups is 2. The number of furan rings is 2. The van der Waals surface area contributed by atoms with E-state index < -0.39 is 21.7 Å². The van der Waals surface area contributed by atoms with Gasteiger partial charge in [-0.05, 0) is 37.3 Å². The number of benzene rings is 1. The van der Waals surface area contributed by atoms with Crippen molar-refractivity contribution in [2.45, 2.75) is 17.6 Å². The van der Waals surface area contributed by atoms with E-state index in [0.29, 0.717) is 5.56 Å². The lowest BCUT2D eigenvalue weighted by Gasteiger charge is -2.05. The van der Waals surface area contributed by atoms with Crippen LogP contribution in [0.2, 0.25) is 0 Å². The lowest BCUT2D eigenvalue weighted by molar-refractivity contribution is 0.0815. The van der Waals surface area contributed by atoms with Crippen molar-refractivity contribution < 1.29 is 26.8 Å². The standard InChI is InChI=1S/C18H16N2O6S/c1-12-9-10-25-16(12)18(22)20-19-17(21)15-8-7-13(26-15)11-27(23,24)14-5-3-2-4-6-14/h2-10H,11H2,1H3,(H,19,21)(H,20,22). The van der Waals surface area contributed by atoms with Crippen LogP contribution in [-0.4, -0.2) is 20.2 Å². The van der Waals surface area contributed by atoms with Gasteiger partial charge in [-0.15, -0.1) is 0 Å². The summed E-state index contributed by atoms with van der Waals surface area (Å²) in [4.78, 5) is 24.1. The number of hydrogen-bond acceptors (Lipinski definition) is 6. The Bertz CT molecular complexity index is 1070. The number of aryl methyl sites for hydroxylation is 1. The summed E-state index contributed by atoms with van der Waals surface area (Å²) in [5, 5.41) is 0. The van der Waals surface area contributed by atoms with Crippen molar-refractivity contribution in [3.63, 3.8) is 0 Å². The molecule has 0 fully saturated rings. The van der Waals surface area contributed by atoms with Crippen molar-refractivity contribution in [1.82, 2.24) is 10.9 Å². The predicted octanol–water partition coefficient (Wildman–Crippen LogP) is 2.23. The zero-order chi connectivity index (χ0) is 19.4. The van der Waals surface area contributed by atoms with Gasteiger partial charge in [-0.3, -0.25) is 20.4 Å². The molecule has 0 spiro atoms. The van der Waals surface area contributed by atoms with Crippen LogP contribution in [0.25, 0.3) is 0 Å². The van der Waals surface area contributed by atoms with Crippen molar-refractivity contribution in [1.29, 1.82) is 0 Å². The second-order valence-corrected chi connectivity index (χ2v) is 7.67. The largest absolute Gasteiger partial charge is 0.459 e. The van der Waals surface area contributed by atoms with Crippen molar-refractivity contribution in [2.75, 3.05) is 0 Å². The summed E-state index contributed by atoms with van der Waals surface area (Å²) in [6.45, 7) is 1.69. The molecule has 0 saturated carbocycles. The molecule has 3 aromatic rings. The molecule has 9 heteroatoms. The minimum atomic E-state index is -3.59. The van der Waals surface area contributed by atoms with Crippen molar-refractivity contribution in [3.05, 3.63) is 77.6 Å². The molecule has 2 aromatic heterocycles. The van der Waals surface area contributed by atoms with Crippen LogP contribution >= 0.6 is 0 Å². The van der Waals surface area contributed by atoms with Gasteiger partial charge in [0.15, 0.2) is 21.4 Å². The highest BCUT2D eigenvalue weighted by molar-refractivity contribution is 7.90. The maximum absolute atomic E-state index is 12.3. The number of carbonyl (C=O) groups excluding carboxylic acids is 2. The first kappa shape index (κ1) is 18.5. The van der Waals surface area contributed by atoms with E-state index in [2.05, 4.69) is 10.9 Å². The maximum Gasteiger partial charge on any atom is 0.305 e. The molecule has 0 atom stereocenters. The Labute approximate surface area is 155 Å². The van der Waals surface area contributed by atoms with Gasteiger partial charge < -0.3 is 8.83 Å². The second-order valence-electron chi connectivity index (χ2n) is 5.68. The lowest BCUT2D eigenvalue weighted by Crippen LogP contribution is -2.41. The summed E-state index contributed by atoms with van der Waals surface area (Å²) in [5.41, 5.74) is 5.00. The minimum absolute atomic E-state index is 0.0735. The molecule has 3 rings (SSSR count). The molecule has 140 valence electrons. The number of hydrogen-bond donors (Lipinski definition) is 2. The molecular weight excluding hydrogens is 372 g/mol. The summed E-state index contributed by atoms with van der Waals surface area (Å²) in [5.74, 6) is -1.69. The fourth-order valence-electron chi connectivity index (χ4n) is 2.31. The smallest absolute Gasteiger partial charge is 0.305 e. The summed E-state index contributed by atoms with van der Waals surface area (Å²) in [6.07, 6.45) is 1.36. The van der Waals surface area contributed by atoms with Crippen LogP contribution < -0.4 is 10.9 Å². The summed E-state index contributed by atoms with van der Waals surface area (Å²) in [7, 11) is -3.59. The van der Waals surface area contributed by atoms with E-state index in [-0.39, 0.29) is 27.9 Å². The molecule has 0 bridgehead atoms. The zero-order valence-corrected chi connectivity index (χ0v) is 15.1. The molecule has 2 heterocycles.